The van der Waals surface area contributed by atoms with Gasteiger partial charge in [0.2, 0.25) is 5.91 Å². The van der Waals surface area contributed by atoms with Crippen molar-refractivity contribution in [2.45, 2.75) is 49.8 Å². The fraction of sp³-hybridized carbons (Fsp3) is 0.632. The zero-order valence-corrected chi connectivity index (χ0v) is 14.2. The number of benzene rings is 1. The monoisotopic (exact) mass is 329 g/mol. The largest absolute Gasteiger partial charge is 0.373 e. The first kappa shape index (κ1) is 16.1. The smallest absolute Gasteiger partial charge is 0.238 e. The summed E-state index contributed by atoms with van der Waals surface area (Å²) in [5, 5.41) is 6.66. The molecule has 1 spiro atoms. The van der Waals surface area contributed by atoms with E-state index in [1.807, 2.05) is 30.3 Å². The summed E-state index contributed by atoms with van der Waals surface area (Å²) >= 11 is 0. The van der Waals surface area contributed by atoms with Gasteiger partial charge in [-0.25, -0.2) is 0 Å². The Bertz CT molecular complexity index is 565. The van der Waals surface area contributed by atoms with E-state index in [0.717, 1.165) is 50.7 Å². The van der Waals surface area contributed by atoms with Gasteiger partial charge < -0.3 is 15.4 Å². The number of para-hydroxylation sites is 1. The van der Waals surface area contributed by atoms with Crippen molar-refractivity contribution in [1.29, 1.82) is 0 Å². The molecule has 2 saturated heterocycles. The molecular formula is C19H27N3O2. The highest BCUT2D eigenvalue weighted by Gasteiger charge is 2.43. The summed E-state index contributed by atoms with van der Waals surface area (Å²) in [5.74, 6) is 0.0674. The van der Waals surface area contributed by atoms with Crippen molar-refractivity contribution in [1.82, 2.24) is 10.2 Å². The van der Waals surface area contributed by atoms with Crippen molar-refractivity contribution >= 4 is 11.6 Å². The molecule has 2 heterocycles. The molecule has 2 N–H and O–H groups in total. The first-order chi connectivity index (χ1) is 11.7. The number of anilines is 1. The van der Waals surface area contributed by atoms with Crippen LogP contribution in [0.3, 0.4) is 0 Å². The van der Waals surface area contributed by atoms with Gasteiger partial charge in [-0.1, -0.05) is 18.2 Å². The molecule has 3 aliphatic rings. The van der Waals surface area contributed by atoms with Gasteiger partial charge >= 0.3 is 0 Å². The number of carbonyl (C=O) groups excluding carboxylic acids is 1. The molecule has 130 valence electrons. The lowest BCUT2D eigenvalue weighted by Gasteiger charge is -2.38. The molecule has 0 aromatic heterocycles. The first-order valence-electron chi connectivity index (χ1n) is 9.18. The minimum Gasteiger partial charge on any atom is -0.373 e. The molecule has 1 unspecified atom stereocenters. The summed E-state index contributed by atoms with van der Waals surface area (Å²) in [6.07, 6.45) is 5.86. The molecule has 1 amide bonds. The van der Waals surface area contributed by atoms with Crippen LogP contribution in [0.5, 0.6) is 0 Å². The van der Waals surface area contributed by atoms with E-state index >= 15 is 0 Å². The molecule has 0 radical (unpaired) electrons. The highest BCUT2D eigenvalue weighted by Crippen LogP contribution is 2.37. The summed E-state index contributed by atoms with van der Waals surface area (Å²) in [6, 6.07) is 10.9. The van der Waals surface area contributed by atoms with Gasteiger partial charge in [-0.15, -0.1) is 0 Å². The fourth-order valence-corrected chi connectivity index (χ4v) is 3.93. The van der Waals surface area contributed by atoms with E-state index in [2.05, 4.69) is 15.5 Å². The first-order valence-corrected chi connectivity index (χ1v) is 9.18. The minimum atomic E-state index is 0.0545. The average molecular weight is 329 g/mol. The lowest BCUT2D eigenvalue weighted by atomic mass is 9.87. The molecule has 5 nitrogen and oxygen atoms in total. The van der Waals surface area contributed by atoms with Crippen LogP contribution in [0.1, 0.15) is 32.1 Å². The molecule has 5 heteroatoms. The molecule has 1 aromatic rings. The Morgan fingerprint density at radius 2 is 1.92 bits per heavy atom. The zero-order valence-electron chi connectivity index (χ0n) is 14.2. The zero-order chi connectivity index (χ0) is 16.4. The van der Waals surface area contributed by atoms with E-state index < -0.39 is 0 Å². The van der Waals surface area contributed by atoms with Gasteiger partial charge in [0, 0.05) is 30.9 Å². The molecule has 2 aliphatic heterocycles. The van der Waals surface area contributed by atoms with Crippen LogP contribution in [0.2, 0.25) is 0 Å². The maximum absolute atomic E-state index is 12.2. The van der Waals surface area contributed by atoms with Crippen molar-refractivity contribution in [2.24, 2.45) is 0 Å². The van der Waals surface area contributed by atoms with E-state index in [1.165, 1.54) is 12.8 Å². The van der Waals surface area contributed by atoms with Crippen LogP contribution in [0.25, 0.3) is 0 Å². The lowest BCUT2D eigenvalue weighted by molar-refractivity contribution is -0.118. The van der Waals surface area contributed by atoms with E-state index in [0.29, 0.717) is 12.6 Å². The lowest BCUT2D eigenvalue weighted by Crippen LogP contribution is -2.47. The fourth-order valence-electron chi connectivity index (χ4n) is 3.93. The quantitative estimate of drug-likeness (QED) is 0.868. The summed E-state index contributed by atoms with van der Waals surface area (Å²) in [6.45, 7) is 3.20. The average Bonchev–Trinajstić information content (AvgIpc) is 3.31. The third-order valence-corrected chi connectivity index (χ3v) is 5.45. The Balaban J connectivity index is 1.22. The molecule has 1 aromatic carbocycles. The van der Waals surface area contributed by atoms with Gasteiger partial charge in [0.05, 0.1) is 18.8 Å². The molecular weight excluding hydrogens is 302 g/mol. The molecule has 1 aliphatic carbocycles. The SMILES string of the molecule is O=C(CN1CCC2(CC1)CC(NC1CC1)CO2)Nc1ccccc1. The third-order valence-electron chi connectivity index (χ3n) is 5.45. The van der Waals surface area contributed by atoms with Crippen molar-refractivity contribution < 1.29 is 9.53 Å². The van der Waals surface area contributed by atoms with Gasteiger partial charge in [-0.05, 0) is 44.2 Å². The summed E-state index contributed by atoms with van der Waals surface area (Å²) < 4.78 is 6.18. The summed E-state index contributed by atoms with van der Waals surface area (Å²) in [7, 11) is 0. The Hall–Kier alpha value is -1.43. The molecule has 4 rings (SSSR count). The Labute approximate surface area is 143 Å². The van der Waals surface area contributed by atoms with Crippen molar-refractivity contribution in [3.63, 3.8) is 0 Å². The topological polar surface area (TPSA) is 53.6 Å². The number of likely N-dealkylation sites (tertiary alicyclic amines) is 1. The molecule has 24 heavy (non-hydrogen) atoms. The van der Waals surface area contributed by atoms with E-state index in [4.69, 9.17) is 4.74 Å². The number of carbonyl (C=O) groups is 1. The maximum Gasteiger partial charge on any atom is 0.238 e. The van der Waals surface area contributed by atoms with Crippen LogP contribution >= 0.6 is 0 Å². The van der Waals surface area contributed by atoms with Crippen molar-refractivity contribution in [3.05, 3.63) is 30.3 Å². The van der Waals surface area contributed by atoms with E-state index in [9.17, 15) is 4.79 Å². The van der Waals surface area contributed by atoms with Gasteiger partial charge in [0.15, 0.2) is 0 Å². The van der Waals surface area contributed by atoms with E-state index in [-0.39, 0.29) is 11.5 Å². The van der Waals surface area contributed by atoms with Crippen LogP contribution < -0.4 is 10.6 Å². The highest BCUT2D eigenvalue weighted by molar-refractivity contribution is 5.92. The van der Waals surface area contributed by atoms with Crippen LogP contribution in [-0.4, -0.2) is 54.7 Å². The number of ether oxygens (including phenoxy) is 1. The third kappa shape index (κ3) is 3.97. The van der Waals surface area contributed by atoms with Crippen molar-refractivity contribution in [2.75, 3.05) is 31.6 Å². The summed E-state index contributed by atoms with van der Waals surface area (Å²) in [5.41, 5.74) is 0.919. The van der Waals surface area contributed by atoms with Crippen LogP contribution in [0.4, 0.5) is 5.69 Å². The Kier molecular flexibility index (Phi) is 4.57. The number of piperidine rings is 1. The number of amides is 1. The molecule has 3 fully saturated rings. The number of hydrogen-bond donors (Lipinski definition) is 2. The van der Waals surface area contributed by atoms with Gasteiger partial charge in [-0.3, -0.25) is 9.69 Å². The molecule has 1 atom stereocenters. The minimum absolute atomic E-state index is 0.0545. The Morgan fingerprint density at radius 3 is 2.62 bits per heavy atom. The number of rotatable bonds is 5. The van der Waals surface area contributed by atoms with Crippen LogP contribution in [0, 0.1) is 0 Å². The van der Waals surface area contributed by atoms with Gasteiger partial charge in [-0.2, -0.15) is 0 Å². The van der Waals surface area contributed by atoms with Crippen LogP contribution in [-0.2, 0) is 9.53 Å². The highest BCUT2D eigenvalue weighted by atomic mass is 16.5. The maximum atomic E-state index is 12.2. The van der Waals surface area contributed by atoms with Gasteiger partial charge in [0.25, 0.3) is 0 Å². The predicted molar refractivity (Wildman–Crippen MR) is 94.0 cm³/mol. The number of hydrogen-bond acceptors (Lipinski definition) is 4. The predicted octanol–water partition coefficient (Wildman–Crippen LogP) is 2.00. The second kappa shape index (κ2) is 6.82. The Morgan fingerprint density at radius 1 is 1.17 bits per heavy atom. The number of nitrogens with one attached hydrogen (secondary N) is 2. The van der Waals surface area contributed by atoms with Crippen LogP contribution in [0.15, 0.2) is 30.3 Å². The molecule has 0 bridgehead atoms. The second-order valence-corrected chi connectivity index (χ2v) is 7.53. The molecule has 1 saturated carbocycles. The number of nitrogens with zero attached hydrogens (tertiary/aromatic N) is 1. The second-order valence-electron chi connectivity index (χ2n) is 7.53. The van der Waals surface area contributed by atoms with Crippen molar-refractivity contribution in [3.8, 4) is 0 Å². The summed E-state index contributed by atoms with van der Waals surface area (Å²) in [4.78, 5) is 14.4. The van der Waals surface area contributed by atoms with Gasteiger partial charge in [0.1, 0.15) is 0 Å². The normalized spacial score (nSPS) is 26.6. The standard InChI is InChI=1S/C19H27N3O2/c23-18(21-15-4-2-1-3-5-15)13-22-10-8-19(9-11-22)12-17(14-24-19)20-16-6-7-16/h1-5,16-17,20H,6-14H2,(H,21,23). The van der Waals surface area contributed by atoms with E-state index in [1.54, 1.807) is 0 Å².